The number of aliphatic hydroxyl groups excluding tert-OH is 1. The number of nitrogens with one attached hydrogen (secondary N) is 1. The second kappa shape index (κ2) is 4.74. The third-order valence-corrected chi connectivity index (χ3v) is 3.63. The van der Waals surface area contributed by atoms with Crippen LogP contribution < -0.4 is 14.8 Å². The average molecular weight is 263 g/mol. The molecule has 0 atom stereocenters. The fourth-order valence-electron chi connectivity index (χ4n) is 2.30. The van der Waals surface area contributed by atoms with E-state index in [1.807, 2.05) is 0 Å². The molecule has 1 heterocycles. The molecule has 5 heteroatoms. The van der Waals surface area contributed by atoms with Crippen LogP contribution in [0, 0.1) is 0 Å². The van der Waals surface area contributed by atoms with Gasteiger partial charge < -0.3 is 19.9 Å². The van der Waals surface area contributed by atoms with Crippen LogP contribution in [0.2, 0.25) is 0 Å². The van der Waals surface area contributed by atoms with E-state index in [1.165, 1.54) is 0 Å². The van der Waals surface area contributed by atoms with Crippen LogP contribution in [0.15, 0.2) is 18.2 Å². The lowest BCUT2D eigenvalue weighted by Crippen LogP contribution is -2.37. The van der Waals surface area contributed by atoms with Gasteiger partial charge in [0.2, 0.25) is 0 Å². The van der Waals surface area contributed by atoms with Gasteiger partial charge in [0.1, 0.15) is 13.2 Å². The summed E-state index contributed by atoms with van der Waals surface area (Å²) in [5, 5.41) is 12.0. The van der Waals surface area contributed by atoms with Crippen molar-refractivity contribution in [2.24, 2.45) is 0 Å². The van der Waals surface area contributed by atoms with Crippen molar-refractivity contribution < 1.29 is 19.4 Å². The highest BCUT2D eigenvalue weighted by Gasteiger charge is 2.43. The Morgan fingerprint density at radius 2 is 2.00 bits per heavy atom. The van der Waals surface area contributed by atoms with E-state index in [1.54, 1.807) is 18.2 Å². The second-order valence-corrected chi connectivity index (χ2v) is 5.07. The number of rotatable bonds is 4. The molecular formula is C14H17NO4. The molecule has 0 radical (unpaired) electrons. The van der Waals surface area contributed by atoms with Crippen LogP contribution in [0.3, 0.4) is 0 Å². The van der Waals surface area contributed by atoms with Crippen molar-refractivity contribution in [3.63, 3.8) is 0 Å². The molecule has 2 aliphatic rings. The van der Waals surface area contributed by atoms with Crippen LogP contribution in [0.5, 0.6) is 11.5 Å². The summed E-state index contributed by atoms with van der Waals surface area (Å²) in [4.78, 5) is 12.2. The maximum absolute atomic E-state index is 12.2. The zero-order chi connectivity index (χ0) is 13.3. The lowest BCUT2D eigenvalue weighted by Gasteiger charge is -2.20. The number of hydrogen-bond acceptors (Lipinski definition) is 4. The Balaban J connectivity index is 1.73. The van der Waals surface area contributed by atoms with Gasteiger partial charge in [-0.1, -0.05) is 0 Å². The number of hydrogen-bond donors (Lipinski definition) is 2. The number of ether oxygens (including phenoxy) is 2. The summed E-state index contributed by atoms with van der Waals surface area (Å²) in [5.41, 5.74) is 0.368. The summed E-state index contributed by atoms with van der Waals surface area (Å²) in [7, 11) is 0. The van der Waals surface area contributed by atoms with E-state index in [2.05, 4.69) is 5.32 Å². The van der Waals surface area contributed by atoms with Gasteiger partial charge in [-0.15, -0.1) is 0 Å². The molecule has 102 valence electrons. The van der Waals surface area contributed by atoms with E-state index in [4.69, 9.17) is 14.6 Å². The van der Waals surface area contributed by atoms with Crippen molar-refractivity contribution in [3.8, 4) is 11.5 Å². The second-order valence-electron chi connectivity index (χ2n) is 5.07. The number of amides is 1. The van der Waals surface area contributed by atoms with Gasteiger partial charge in [0.05, 0.1) is 0 Å². The molecule has 0 saturated heterocycles. The van der Waals surface area contributed by atoms with Crippen LogP contribution in [0.25, 0.3) is 0 Å². The van der Waals surface area contributed by atoms with Crippen LogP contribution >= 0.6 is 0 Å². The lowest BCUT2D eigenvalue weighted by molar-refractivity contribution is 0.0922. The summed E-state index contributed by atoms with van der Waals surface area (Å²) < 4.78 is 10.9. The summed E-state index contributed by atoms with van der Waals surface area (Å²) in [5.74, 6) is 1.17. The molecule has 1 saturated carbocycles. The summed E-state index contributed by atoms with van der Waals surface area (Å²) in [6.07, 6.45) is 2.48. The molecule has 0 aromatic heterocycles. The Labute approximate surface area is 111 Å². The number of carbonyl (C=O) groups is 1. The third kappa shape index (κ3) is 2.51. The molecule has 0 spiro atoms. The fraction of sp³-hybridized carbons (Fsp3) is 0.500. The quantitative estimate of drug-likeness (QED) is 0.853. The first kappa shape index (κ1) is 12.3. The molecule has 1 aromatic carbocycles. The minimum absolute atomic E-state index is 0.0986. The SMILES string of the molecule is O=C(NC1(CCO)CC1)c1ccc2c(c1)OCCO2. The van der Waals surface area contributed by atoms with E-state index < -0.39 is 0 Å². The molecule has 3 rings (SSSR count). The summed E-state index contributed by atoms with van der Waals surface area (Å²) in [6.45, 7) is 1.14. The predicted molar refractivity (Wildman–Crippen MR) is 68.6 cm³/mol. The average Bonchev–Trinajstić information content (AvgIpc) is 3.18. The molecule has 1 aliphatic carbocycles. The zero-order valence-electron chi connectivity index (χ0n) is 10.6. The van der Waals surface area contributed by atoms with E-state index in [0.29, 0.717) is 36.7 Å². The zero-order valence-corrected chi connectivity index (χ0v) is 10.6. The van der Waals surface area contributed by atoms with Crippen molar-refractivity contribution >= 4 is 5.91 Å². The van der Waals surface area contributed by atoms with Crippen LogP contribution in [0.1, 0.15) is 29.6 Å². The molecule has 5 nitrogen and oxygen atoms in total. The van der Waals surface area contributed by atoms with E-state index in [0.717, 1.165) is 12.8 Å². The van der Waals surface area contributed by atoms with Crippen LogP contribution in [-0.2, 0) is 0 Å². The van der Waals surface area contributed by atoms with E-state index in [9.17, 15) is 4.79 Å². The van der Waals surface area contributed by atoms with Crippen molar-refractivity contribution in [1.29, 1.82) is 0 Å². The molecule has 1 aliphatic heterocycles. The normalized spacial score (nSPS) is 18.8. The molecule has 1 aromatic rings. The van der Waals surface area contributed by atoms with Crippen LogP contribution in [-0.4, -0.2) is 36.4 Å². The molecule has 0 bridgehead atoms. The lowest BCUT2D eigenvalue weighted by atomic mass is 10.1. The first-order chi connectivity index (χ1) is 9.22. The van der Waals surface area contributed by atoms with Crippen LogP contribution in [0.4, 0.5) is 0 Å². The number of benzene rings is 1. The first-order valence-corrected chi connectivity index (χ1v) is 6.55. The van der Waals surface area contributed by atoms with Gasteiger partial charge in [0.15, 0.2) is 11.5 Å². The maximum atomic E-state index is 12.2. The Hall–Kier alpha value is -1.75. The molecule has 0 unspecified atom stereocenters. The smallest absolute Gasteiger partial charge is 0.251 e. The van der Waals surface area contributed by atoms with Gasteiger partial charge in [-0.3, -0.25) is 4.79 Å². The first-order valence-electron chi connectivity index (χ1n) is 6.55. The number of carbonyl (C=O) groups excluding carboxylic acids is 1. The standard InChI is InChI=1S/C14H17NO4/c16-6-5-14(3-4-14)15-13(17)10-1-2-11-12(9-10)19-8-7-18-11/h1-2,9,16H,3-8H2,(H,15,17). The number of aliphatic hydroxyl groups is 1. The fourth-order valence-corrected chi connectivity index (χ4v) is 2.30. The Kier molecular flexibility index (Phi) is 3.06. The van der Waals surface area contributed by atoms with E-state index in [-0.39, 0.29) is 18.1 Å². The minimum Gasteiger partial charge on any atom is -0.486 e. The van der Waals surface area contributed by atoms with Gasteiger partial charge in [0, 0.05) is 17.7 Å². The predicted octanol–water partition coefficient (Wildman–Crippen LogP) is 1.10. The van der Waals surface area contributed by atoms with Crippen molar-refractivity contribution in [2.75, 3.05) is 19.8 Å². The van der Waals surface area contributed by atoms with Crippen molar-refractivity contribution in [1.82, 2.24) is 5.32 Å². The van der Waals surface area contributed by atoms with Crippen molar-refractivity contribution in [2.45, 2.75) is 24.8 Å². The Morgan fingerprint density at radius 1 is 1.26 bits per heavy atom. The third-order valence-electron chi connectivity index (χ3n) is 3.63. The van der Waals surface area contributed by atoms with Crippen molar-refractivity contribution in [3.05, 3.63) is 23.8 Å². The van der Waals surface area contributed by atoms with Gasteiger partial charge >= 0.3 is 0 Å². The Bertz CT molecular complexity index is 496. The maximum Gasteiger partial charge on any atom is 0.251 e. The minimum atomic E-state index is -0.195. The summed E-state index contributed by atoms with van der Waals surface area (Å²) >= 11 is 0. The van der Waals surface area contributed by atoms with Gasteiger partial charge in [-0.25, -0.2) is 0 Å². The highest BCUT2D eigenvalue weighted by Crippen LogP contribution is 2.39. The molecule has 2 N–H and O–H groups in total. The molecule has 1 amide bonds. The Morgan fingerprint density at radius 3 is 2.68 bits per heavy atom. The molecular weight excluding hydrogens is 246 g/mol. The van der Waals surface area contributed by atoms with Gasteiger partial charge in [-0.2, -0.15) is 0 Å². The van der Waals surface area contributed by atoms with Gasteiger partial charge in [0.25, 0.3) is 5.91 Å². The van der Waals surface area contributed by atoms with Gasteiger partial charge in [-0.05, 0) is 37.5 Å². The highest BCUT2D eigenvalue weighted by molar-refractivity contribution is 5.95. The topological polar surface area (TPSA) is 67.8 Å². The van der Waals surface area contributed by atoms with E-state index >= 15 is 0 Å². The number of fused-ring (bicyclic) bond motifs is 1. The highest BCUT2D eigenvalue weighted by atomic mass is 16.6. The molecule has 1 fully saturated rings. The summed E-state index contributed by atoms with van der Waals surface area (Å²) in [6, 6.07) is 5.20. The largest absolute Gasteiger partial charge is 0.486 e. The molecule has 19 heavy (non-hydrogen) atoms. The monoisotopic (exact) mass is 263 g/mol.